The number of nitrogens with zero attached hydrogens (tertiary/aromatic N) is 4. The van der Waals surface area contributed by atoms with Gasteiger partial charge in [0.05, 0.1) is 0 Å². The van der Waals surface area contributed by atoms with Crippen molar-refractivity contribution in [2.24, 2.45) is 0 Å². The molecule has 212 valence electrons. The minimum absolute atomic E-state index is 0.414. The number of benzene rings is 6. The first kappa shape index (κ1) is 27.0. The molecule has 0 saturated carbocycles. The van der Waals surface area contributed by atoms with E-state index in [0.717, 1.165) is 44.5 Å². The SMILES string of the molecule is N#Cc1cc(-c2ccc(-c3ccc4c5ccc(-c6ccc(-c7ccnc(C#N)c7)cc6)cc5c5ccccc5c4c3)cc2)ccn1. The van der Waals surface area contributed by atoms with Gasteiger partial charge >= 0.3 is 0 Å². The lowest BCUT2D eigenvalue weighted by atomic mass is 9.90. The second-order valence-corrected chi connectivity index (χ2v) is 11.3. The Morgan fingerprint density at radius 3 is 1.02 bits per heavy atom. The molecular formula is C42H24N4. The fraction of sp³-hybridized carbons (Fsp3) is 0. The average Bonchev–Trinajstić information content (AvgIpc) is 3.14. The lowest BCUT2D eigenvalue weighted by Gasteiger charge is -2.14. The fourth-order valence-corrected chi connectivity index (χ4v) is 6.37. The first-order valence-electron chi connectivity index (χ1n) is 15.0. The molecule has 2 heterocycles. The van der Waals surface area contributed by atoms with E-state index < -0.39 is 0 Å². The van der Waals surface area contributed by atoms with E-state index >= 15 is 0 Å². The molecule has 2 aromatic heterocycles. The smallest absolute Gasteiger partial charge is 0.141 e. The molecule has 0 amide bonds. The Morgan fingerprint density at radius 2 is 0.652 bits per heavy atom. The molecule has 0 fully saturated rings. The summed E-state index contributed by atoms with van der Waals surface area (Å²) in [5, 5.41) is 25.8. The number of rotatable bonds is 4. The molecule has 46 heavy (non-hydrogen) atoms. The van der Waals surface area contributed by atoms with E-state index in [-0.39, 0.29) is 0 Å². The highest BCUT2D eigenvalue weighted by molar-refractivity contribution is 6.26. The number of aromatic nitrogens is 2. The monoisotopic (exact) mass is 584 g/mol. The molecule has 0 aliphatic carbocycles. The van der Waals surface area contributed by atoms with E-state index in [1.807, 2.05) is 24.3 Å². The highest BCUT2D eigenvalue weighted by Gasteiger charge is 2.12. The molecule has 0 aliphatic rings. The maximum atomic E-state index is 9.23. The summed E-state index contributed by atoms with van der Waals surface area (Å²) < 4.78 is 0. The molecule has 0 atom stereocenters. The molecule has 0 saturated heterocycles. The molecule has 8 aromatic rings. The molecule has 0 unspecified atom stereocenters. The largest absolute Gasteiger partial charge is 0.246 e. The van der Waals surface area contributed by atoms with Crippen molar-refractivity contribution in [3.63, 3.8) is 0 Å². The second-order valence-electron chi connectivity index (χ2n) is 11.3. The van der Waals surface area contributed by atoms with Gasteiger partial charge in [-0.1, -0.05) is 97.1 Å². The molecule has 0 radical (unpaired) electrons. The van der Waals surface area contributed by atoms with Gasteiger partial charge < -0.3 is 0 Å². The van der Waals surface area contributed by atoms with E-state index in [0.29, 0.717) is 11.4 Å². The molecule has 0 N–H and O–H groups in total. The van der Waals surface area contributed by atoms with Gasteiger partial charge in [0.1, 0.15) is 23.5 Å². The third-order valence-electron chi connectivity index (χ3n) is 8.69. The Bertz CT molecular complexity index is 2330. The Morgan fingerprint density at radius 1 is 0.326 bits per heavy atom. The fourth-order valence-electron chi connectivity index (χ4n) is 6.37. The van der Waals surface area contributed by atoms with Crippen LogP contribution < -0.4 is 0 Å². The second kappa shape index (κ2) is 11.1. The number of fused-ring (bicyclic) bond motifs is 6. The first-order chi connectivity index (χ1) is 22.7. The summed E-state index contributed by atoms with van der Waals surface area (Å²) in [5.74, 6) is 0. The van der Waals surface area contributed by atoms with Crippen LogP contribution in [0.15, 0.2) is 146 Å². The van der Waals surface area contributed by atoms with E-state index in [2.05, 4.69) is 131 Å². The molecule has 8 rings (SSSR count). The van der Waals surface area contributed by atoms with Gasteiger partial charge in [0.2, 0.25) is 0 Å². The van der Waals surface area contributed by atoms with Crippen LogP contribution in [0, 0.1) is 22.7 Å². The quantitative estimate of drug-likeness (QED) is 0.193. The van der Waals surface area contributed by atoms with Gasteiger partial charge in [-0.05, 0) is 113 Å². The normalized spacial score (nSPS) is 11.0. The number of hydrogen-bond donors (Lipinski definition) is 0. The van der Waals surface area contributed by atoms with Gasteiger partial charge in [-0.3, -0.25) is 0 Å². The van der Waals surface area contributed by atoms with Crippen LogP contribution in [0.2, 0.25) is 0 Å². The molecule has 6 aromatic carbocycles. The van der Waals surface area contributed by atoms with Gasteiger partial charge in [-0.15, -0.1) is 0 Å². The van der Waals surface area contributed by atoms with E-state index in [4.69, 9.17) is 0 Å². The zero-order chi connectivity index (χ0) is 31.0. The molecular weight excluding hydrogens is 560 g/mol. The average molecular weight is 585 g/mol. The van der Waals surface area contributed by atoms with Gasteiger partial charge in [-0.2, -0.15) is 10.5 Å². The van der Waals surface area contributed by atoms with Crippen molar-refractivity contribution in [1.29, 1.82) is 10.5 Å². The summed E-state index contributed by atoms with van der Waals surface area (Å²) in [6.07, 6.45) is 3.35. The first-order valence-corrected chi connectivity index (χ1v) is 15.0. The lowest BCUT2D eigenvalue weighted by Crippen LogP contribution is -1.87. The summed E-state index contributed by atoms with van der Waals surface area (Å²) >= 11 is 0. The van der Waals surface area contributed by atoms with Crippen molar-refractivity contribution in [3.05, 3.63) is 157 Å². The van der Waals surface area contributed by atoms with Crippen molar-refractivity contribution in [2.45, 2.75) is 0 Å². The van der Waals surface area contributed by atoms with Crippen LogP contribution in [0.3, 0.4) is 0 Å². The van der Waals surface area contributed by atoms with Gasteiger partial charge in [-0.25, -0.2) is 9.97 Å². The lowest BCUT2D eigenvalue weighted by molar-refractivity contribution is 1.26. The van der Waals surface area contributed by atoms with Crippen molar-refractivity contribution >= 4 is 32.3 Å². The zero-order valence-electron chi connectivity index (χ0n) is 24.6. The van der Waals surface area contributed by atoms with Crippen molar-refractivity contribution in [1.82, 2.24) is 9.97 Å². The van der Waals surface area contributed by atoms with Crippen LogP contribution in [0.5, 0.6) is 0 Å². The minimum atomic E-state index is 0.414. The van der Waals surface area contributed by atoms with Crippen molar-refractivity contribution in [3.8, 4) is 56.6 Å². The predicted octanol–water partition coefficient (Wildman–Crippen LogP) is 10.3. The predicted molar refractivity (Wildman–Crippen MR) is 186 cm³/mol. The van der Waals surface area contributed by atoms with Crippen LogP contribution in [-0.2, 0) is 0 Å². The topological polar surface area (TPSA) is 73.4 Å². The van der Waals surface area contributed by atoms with Crippen LogP contribution in [-0.4, -0.2) is 9.97 Å². The minimum Gasteiger partial charge on any atom is -0.246 e. The highest BCUT2D eigenvalue weighted by Crippen LogP contribution is 2.39. The Hall–Kier alpha value is -6.62. The standard InChI is InChI=1S/C42H24N4/c43-25-35-21-33(17-19-45-35)29-9-5-27(6-10-29)31-13-15-39-40-16-14-32(24-42(40)38-4-2-1-3-37(38)41(39)23-31)28-7-11-30(12-8-28)34-18-20-46-36(22-34)26-44/h1-24H. The Labute approximate surface area is 266 Å². The summed E-state index contributed by atoms with van der Waals surface area (Å²) in [5.41, 5.74) is 9.48. The number of pyridine rings is 2. The molecule has 4 nitrogen and oxygen atoms in total. The van der Waals surface area contributed by atoms with Crippen LogP contribution >= 0.6 is 0 Å². The zero-order valence-corrected chi connectivity index (χ0v) is 24.6. The molecule has 4 heteroatoms. The van der Waals surface area contributed by atoms with E-state index in [1.54, 1.807) is 12.4 Å². The van der Waals surface area contributed by atoms with Crippen LogP contribution in [0.1, 0.15) is 11.4 Å². The summed E-state index contributed by atoms with van der Waals surface area (Å²) in [7, 11) is 0. The number of nitriles is 2. The highest BCUT2D eigenvalue weighted by atomic mass is 14.7. The van der Waals surface area contributed by atoms with Crippen molar-refractivity contribution in [2.75, 3.05) is 0 Å². The summed E-state index contributed by atoms with van der Waals surface area (Å²) in [6, 6.07) is 50.8. The van der Waals surface area contributed by atoms with E-state index in [9.17, 15) is 10.5 Å². The van der Waals surface area contributed by atoms with Gasteiger partial charge in [0, 0.05) is 12.4 Å². The Kier molecular flexibility index (Phi) is 6.53. The summed E-state index contributed by atoms with van der Waals surface area (Å²) in [4.78, 5) is 8.18. The third kappa shape index (κ3) is 4.72. The molecule has 0 bridgehead atoms. The summed E-state index contributed by atoms with van der Waals surface area (Å²) in [6.45, 7) is 0. The molecule has 0 aliphatic heterocycles. The van der Waals surface area contributed by atoms with Gasteiger partial charge in [0.15, 0.2) is 0 Å². The Balaban J connectivity index is 1.19. The molecule has 0 spiro atoms. The maximum Gasteiger partial charge on any atom is 0.141 e. The third-order valence-corrected chi connectivity index (χ3v) is 8.69. The van der Waals surface area contributed by atoms with Crippen molar-refractivity contribution < 1.29 is 0 Å². The van der Waals surface area contributed by atoms with E-state index in [1.165, 1.54) is 32.3 Å². The van der Waals surface area contributed by atoms with Crippen LogP contribution in [0.4, 0.5) is 0 Å². The van der Waals surface area contributed by atoms with Crippen LogP contribution in [0.25, 0.3) is 76.8 Å². The maximum absolute atomic E-state index is 9.23. The number of hydrogen-bond acceptors (Lipinski definition) is 4. The van der Waals surface area contributed by atoms with Gasteiger partial charge in [0.25, 0.3) is 0 Å².